The minimum Gasteiger partial charge on any atom is -0.280 e. The van der Waals surface area contributed by atoms with Gasteiger partial charge < -0.3 is 0 Å². The van der Waals surface area contributed by atoms with Gasteiger partial charge in [0.2, 0.25) is 0 Å². The standard InChI is InChI=1S/C26H28ClN5S/c27-23-15-8-7-12-21(23)19-31(18-20-10-3-1-4-11-20)25(24-16-9-17-33-24)26-28-29-30-32(26)22-13-5-2-6-14-22/h1,3-4,7-12,15-17,22,25H,2,5-6,13-14,18-19H2/t25-/m0/s1. The monoisotopic (exact) mass is 477 g/mol. The van der Waals surface area contributed by atoms with E-state index in [-0.39, 0.29) is 6.04 Å². The van der Waals surface area contributed by atoms with Gasteiger partial charge in [0.25, 0.3) is 0 Å². The second-order valence-electron chi connectivity index (χ2n) is 8.67. The van der Waals surface area contributed by atoms with Gasteiger partial charge in [-0.25, -0.2) is 4.68 Å². The summed E-state index contributed by atoms with van der Waals surface area (Å²) in [4.78, 5) is 3.69. The van der Waals surface area contributed by atoms with Crippen molar-refractivity contribution in [3.8, 4) is 0 Å². The van der Waals surface area contributed by atoms with Gasteiger partial charge in [0.05, 0.1) is 6.04 Å². The molecule has 0 N–H and O–H groups in total. The summed E-state index contributed by atoms with van der Waals surface area (Å²) in [5, 5.41) is 16.2. The van der Waals surface area contributed by atoms with Crippen LogP contribution in [0.4, 0.5) is 0 Å². The van der Waals surface area contributed by atoms with Gasteiger partial charge in [-0.3, -0.25) is 4.90 Å². The van der Waals surface area contributed by atoms with Crippen molar-refractivity contribution < 1.29 is 0 Å². The second kappa shape index (κ2) is 10.6. The number of thiophene rings is 1. The van der Waals surface area contributed by atoms with E-state index in [1.807, 2.05) is 18.2 Å². The van der Waals surface area contributed by atoms with E-state index in [9.17, 15) is 0 Å². The van der Waals surface area contributed by atoms with Crippen LogP contribution >= 0.6 is 22.9 Å². The van der Waals surface area contributed by atoms with Gasteiger partial charge in [-0.15, -0.1) is 16.4 Å². The fourth-order valence-corrected chi connectivity index (χ4v) is 5.84. The van der Waals surface area contributed by atoms with Crippen LogP contribution in [0.2, 0.25) is 5.02 Å². The van der Waals surface area contributed by atoms with Crippen molar-refractivity contribution >= 4 is 22.9 Å². The molecule has 1 atom stereocenters. The Morgan fingerprint density at radius 3 is 2.48 bits per heavy atom. The molecule has 1 saturated carbocycles. The van der Waals surface area contributed by atoms with Crippen LogP contribution in [0.5, 0.6) is 0 Å². The lowest BCUT2D eigenvalue weighted by Gasteiger charge is -2.32. The highest BCUT2D eigenvalue weighted by molar-refractivity contribution is 7.10. The largest absolute Gasteiger partial charge is 0.280 e. The highest BCUT2D eigenvalue weighted by Gasteiger charge is 2.32. The molecule has 2 aromatic carbocycles. The SMILES string of the molecule is Clc1ccccc1CN(Cc1ccccc1)[C@@H](c1cccs1)c1nnnn1C1CCCCC1. The van der Waals surface area contributed by atoms with Crippen LogP contribution in [0, 0.1) is 0 Å². The molecule has 0 radical (unpaired) electrons. The van der Waals surface area contributed by atoms with Crippen molar-refractivity contribution in [1.82, 2.24) is 25.1 Å². The number of benzene rings is 2. The quantitative estimate of drug-likeness (QED) is 0.284. The molecule has 4 aromatic rings. The maximum Gasteiger partial charge on any atom is 0.174 e. The summed E-state index contributed by atoms with van der Waals surface area (Å²) in [5.74, 6) is 0.923. The summed E-state index contributed by atoms with van der Waals surface area (Å²) in [6.07, 6.45) is 6.05. The van der Waals surface area contributed by atoms with Gasteiger partial charge in [-0.05, 0) is 51.9 Å². The molecule has 0 amide bonds. The van der Waals surface area contributed by atoms with Crippen LogP contribution in [0.1, 0.15) is 66.0 Å². The van der Waals surface area contributed by atoms with Crippen LogP contribution in [0.25, 0.3) is 0 Å². The van der Waals surface area contributed by atoms with E-state index in [4.69, 9.17) is 11.6 Å². The Morgan fingerprint density at radius 2 is 1.73 bits per heavy atom. The lowest BCUT2D eigenvalue weighted by atomic mass is 9.95. The zero-order chi connectivity index (χ0) is 22.5. The average molecular weight is 478 g/mol. The lowest BCUT2D eigenvalue weighted by molar-refractivity contribution is 0.190. The second-order valence-corrected chi connectivity index (χ2v) is 10.1. The molecule has 33 heavy (non-hydrogen) atoms. The fourth-order valence-electron chi connectivity index (χ4n) is 4.79. The number of tetrazole rings is 1. The van der Waals surface area contributed by atoms with Gasteiger partial charge in [0.1, 0.15) is 6.04 Å². The molecular weight excluding hydrogens is 450 g/mol. The molecule has 5 rings (SSSR count). The van der Waals surface area contributed by atoms with Gasteiger partial charge in [0, 0.05) is 23.0 Å². The van der Waals surface area contributed by atoms with E-state index >= 15 is 0 Å². The summed E-state index contributed by atoms with van der Waals surface area (Å²) in [6.45, 7) is 1.47. The van der Waals surface area contributed by atoms with Crippen molar-refractivity contribution in [2.75, 3.05) is 0 Å². The first kappa shape index (κ1) is 22.3. The highest BCUT2D eigenvalue weighted by atomic mass is 35.5. The molecule has 0 saturated heterocycles. The van der Waals surface area contributed by atoms with Crippen molar-refractivity contribution in [2.24, 2.45) is 0 Å². The first-order chi connectivity index (χ1) is 16.3. The normalized spacial score (nSPS) is 15.7. The van der Waals surface area contributed by atoms with E-state index in [2.05, 4.69) is 79.0 Å². The highest BCUT2D eigenvalue weighted by Crippen LogP contribution is 2.37. The van der Waals surface area contributed by atoms with Crippen molar-refractivity contribution in [3.05, 3.63) is 99.0 Å². The van der Waals surface area contributed by atoms with Gasteiger partial charge >= 0.3 is 0 Å². The molecule has 1 aliphatic carbocycles. The molecule has 0 unspecified atom stereocenters. The molecule has 170 valence electrons. The van der Waals surface area contributed by atoms with Crippen molar-refractivity contribution in [2.45, 2.75) is 57.3 Å². The zero-order valence-electron chi connectivity index (χ0n) is 18.6. The average Bonchev–Trinajstić information content (AvgIpc) is 3.55. The van der Waals surface area contributed by atoms with Crippen molar-refractivity contribution in [3.63, 3.8) is 0 Å². The maximum absolute atomic E-state index is 6.61. The smallest absolute Gasteiger partial charge is 0.174 e. The van der Waals surface area contributed by atoms with Crippen molar-refractivity contribution in [1.29, 1.82) is 0 Å². The Morgan fingerprint density at radius 1 is 0.939 bits per heavy atom. The predicted octanol–water partition coefficient (Wildman–Crippen LogP) is 6.69. The topological polar surface area (TPSA) is 46.8 Å². The summed E-state index contributed by atoms with van der Waals surface area (Å²) in [5.41, 5.74) is 2.36. The summed E-state index contributed by atoms with van der Waals surface area (Å²) < 4.78 is 2.11. The van der Waals surface area contributed by atoms with E-state index in [0.717, 1.165) is 35.8 Å². The number of hydrogen-bond donors (Lipinski definition) is 0. The molecule has 0 bridgehead atoms. The molecule has 0 aliphatic heterocycles. The maximum atomic E-state index is 6.61. The predicted molar refractivity (Wildman–Crippen MR) is 133 cm³/mol. The third-order valence-electron chi connectivity index (χ3n) is 6.42. The summed E-state index contributed by atoms with van der Waals surface area (Å²) >= 11 is 8.36. The fraction of sp³-hybridized carbons (Fsp3) is 0.346. The van der Waals surface area contributed by atoms with Crippen LogP contribution in [-0.4, -0.2) is 25.1 Å². The van der Waals surface area contributed by atoms with E-state index < -0.39 is 0 Å². The minimum atomic E-state index is -0.0570. The molecular formula is C26H28ClN5S. The third kappa shape index (κ3) is 5.18. The lowest BCUT2D eigenvalue weighted by Crippen LogP contribution is -2.32. The first-order valence-electron chi connectivity index (χ1n) is 11.6. The van der Waals surface area contributed by atoms with Crippen LogP contribution in [0.3, 0.4) is 0 Å². The summed E-state index contributed by atoms with van der Waals surface area (Å²) in [6, 6.07) is 23.3. The molecule has 7 heteroatoms. The number of halogens is 1. The Kier molecular flexibility index (Phi) is 7.15. The van der Waals surface area contributed by atoms with Gasteiger partial charge in [-0.2, -0.15) is 0 Å². The van der Waals surface area contributed by atoms with E-state index in [0.29, 0.717) is 12.6 Å². The summed E-state index contributed by atoms with van der Waals surface area (Å²) in [7, 11) is 0. The molecule has 1 fully saturated rings. The van der Waals surface area contributed by atoms with Crippen LogP contribution < -0.4 is 0 Å². The van der Waals surface area contributed by atoms with Gasteiger partial charge in [-0.1, -0.05) is 85.5 Å². The van der Waals surface area contributed by atoms with E-state index in [1.165, 1.54) is 29.7 Å². The Bertz CT molecular complexity index is 1140. The Hall–Kier alpha value is -2.54. The molecule has 2 aromatic heterocycles. The van der Waals surface area contributed by atoms with E-state index in [1.54, 1.807) is 11.3 Å². The number of aromatic nitrogens is 4. The third-order valence-corrected chi connectivity index (χ3v) is 7.71. The number of nitrogens with zero attached hydrogens (tertiary/aromatic N) is 5. The van der Waals surface area contributed by atoms with Crippen LogP contribution in [0.15, 0.2) is 72.1 Å². The molecule has 0 spiro atoms. The molecule has 2 heterocycles. The van der Waals surface area contributed by atoms with Crippen LogP contribution in [-0.2, 0) is 13.1 Å². The molecule has 1 aliphatic rings. The zero-order valence-corrected chi connectivity index (χ0v) is 20.1. The van der Waals surface area contributed by atoms with Gasteiger partial charge in [0.15, 0.2) is 5.82 Å². The first-order valence-corrected chi connectivity index (χ1v) is 12.9. The Labute approximate surface area is 204 Å². The molecule has 5 nitrogen and oxygen atoms in total. The number of hydrogen-bond acceptors (Lipinski definition) is 5. The Balaban J connectivity index is 1.57. The minimum absolute atomic E-state index is 0.0570. The number of rotatable bonds is 8.